The Morgan fingerprint density at radius 1 is 1.00 bits per heavy atom. The minimum absolute atomic E-state index is 0.0467. The van der Waals surface area contributed by atoms with E-state index < -0.39 is 0 Å². The zero-order valence-corrected chi connectivity index (χ0v) is 15.4. The van der Waals surface area contributed by atoms with Gasteiger partial charge in [0.2, 0.25) is 5.91 Å². The Kier molecular flexibility index (Phi) is 4.19. The second-order valence-electron chi connectivity index (χ2n) is 6.84. The van der Waals surface area contributed by atoms with Crippen molar-refractivity contribution >= 4 is 17.7 Å². The lowest BCUT2D eigenvalue weighted by Gasteiger charge is -2.19. The van der Waals surface area contributed by atoms with E-state index in [-0.39, 0.29) is 23.4 Å². The third kappa shape index (κ3) is 2.93. The number of nitrogens with zero attached hydrogens (tertiary/aromatic N) is 1. The van der Waals surface area contributed by atoms with Gasteiger partial charge in [-0.3, -0.25) is 15.1 Å². The third-order valence-electron chi connectivity index (χ3n) is 5.21. The number of benzene rings is 2. The molecule has 5 rings (SSSR count). The molecule has 134 valence electrons. The van der Waals surface area contributed by atoms with E-state index in [2.05, 4.69) is 39.9 Å². The number of hydrogen-bond acceptors (Lipinski definition) is 4. The predicted octanol–water partition coefficient (Wildman–Crippen LogP) is 3.67. The van der Waals surface area contributed by atoms with Crippen LogP contribution in [0, 0.1) is 0 Å². The van der Waals surface area contributed by atoms with Crippen molar-refractivity contribution in [3.63, 3.8) is 0 Å². The first-order valence-corrected chi connectivity index (χ1v) is 10.1. The Labute approximate surface area is 162 Å². The molecular formula is C22H19N3OS. The summed E-state index contributed by atoms with van der Waals surface area (Å²) >= 11 is 1.75. The standard InChI is InChI=1S/C22H19N3OS/c26-21(19-13-27-22(24-19)14-6-5-11-23-12-14)25-20-17-9-3-1-7-15(17)16-8-2-4-10-18(16)20/h1-12,19-20,22,24H,13H2,(H,25,26). The average molecular weight is 373 g/mol. The first kappa shape index (κ1) is 16.5. The van der Waals surface area contributed by atoms with Crippen molar-refractivity contribution in [3.05, 3.63) is 89.7 Å². The van der Waals surface area contributed by atoms with Gasteiger partial charge in [0.05, 0.1) is 17.5 Å². The Hall–Kier alpha value is -2.63. The van der Waals surface area contributed by atoms with E-state index in [1.807, 2.05) is 42.6 Å². The van der Waals surface area contributed by atoms with Gasteiger partial charge in [-0.15, -0.1) is 11.8 Å². The molecule has 2 unspecified atom stereocenters. The lowest BCUT2D eigenvalue weighted by atomic mass is 10.0. The number of pyridine rings is 1. The lowest BCUT2D eigenvalue weighted by molar-refractivity contribution is -0.123. The number of carbonyl (C=O) groups is 1. The lowest BCUT2D eigenvalue weighted by Crippen LogP contribution is -2.43. The summed E-state index contributed by atoms with van der Waals surface area (Å²) in [6.07, 6.45) is 3.62. The molecule has 0 bridgehead atoms. The molecule has 1 aromatic heterocycles. The summed E-state index contributed by atoms with van der Waals surface area (Å²) in [6, 6.07) is 20.3. The van der Waals surface area contributed by atoms with Crippen molar-refractivity contribution in [1.29, 1.82) is 0 Å². The highest BCUT2D eigenvalue weighted by Gasteiger charge is 2.34. The monoisotopic (exact) mass is 373 g/mol. The fourth-order valence-corrected chi connectivity index (χ4v) is 5.13. The quantitative estimate of drug-likeness (QED) is 0.736. The van der Waals surface area contributed by atoms with Gasteiger partial charge >= 0.3 is 0 Å². The van der Waals surface area contributed by atoms with Crippen molar-refractivity contribution in [1.82, 2.24) is 15.6 Å². The van der Waals surface area contributed by atoms with Crippen molar-refractivity contribution in [2.75, 3.05) is 5.75 Å². The zero-order valence-electron chi connectivity index (χ0n) is 14.6. The predicted molar refractivity (Wildman–Crippen MR) is 108 cm³/mol. The molecule has 2 heterocycles. The van der Waals surface area contributed by atoms with Crippen LogP contribution < -0.4 is 10.6 Å². The van der Waals surface area contributed by atoms with Crippen LogP contribution in [0.1, 0.15) is 28.1 Å². The average Bonchev–Trinajstić information content (AvgIpc) is 3.34. The van der Waals surface area contributed by atoms with Gasteiger partial charge in [0.25, 0.3) is 0 Å². The van der Waals surface area contributed by atoms with E-state index >= 15 is 0 Å². The van der Waals surface area contributed by atoms with E-state index in [1.165, 1.54) is 22.3 Å². The molecule has 1 aliphatic heterocycles. The molecule has 1 amide bonds. The molecule has 0 spiro atoms. The number of rotatable bonds is 3. The number of nitrogens with one attached hydrogen (secondary N) is 2. The summed E-state index contributed by atoms with van der Waals surface area (Å²) in [5, 5.41) is 6.82. The van der Waals surface area contributed by atoms with E-state index in [4.69, 9.17) is 0 Å². The third-order valence-corrected chi connectivity index (χ3v) is 6.47. The van der Waals surface area contributed by atoms with Gasteiger partial charge in [-0.05, 0) is 33.9 Å². The van der Waals surface area contributed by atoms with Crippen molar-refractivity contribution in [2.24, 2.45) is 0 Å². The molecule has 2 aliphatic rings. The molecule has 1 aliphatic carbocycles. The van der Waals surface area contributed by atoms with E-state index in [0.29, 0.717) is 0 Å². The Morgan fingerprint density at radius 3 is 2.37 bits per heavy atom. The first-order valence-electron chi connectivity index (χ1n) is 9.07. The molecule has 5 heteroatoms. The summed E-state index contributed by atoms with van der Waals surface area (Å²) in [5.74, 6) is 0.798. The smallest absolute Gasteiger partial charge is 0.238 e. The molecular weight excluding hydrogens is 354 g/mol. The SMILES string of the molecule is O=C(NC1c2ccccc2-c2ccccc21)C1CSC(c2cccnc2)N1. The van der Waals surface area contributed by atoms with E-state index in [0.717, 1.165) is 11.3 Å². The molecule has 3 aromatic rings. The van der Waals surface area contributed by atoms with Gasteiger partial charge in [0, 0.05) is 18.1 Å². The van der Waals surface area contributed by atoms with Crippen LogP contribution in [-0.2, 0) is 4.79 Å². The van der Waals surface area contributed by atoms with Crippen LogP contribution in [-0.4, -0.2) is 22.7 Å². The van der Waals surface area contributed by atoms with Gasteiger partial charge in [-0.1, -0.05) is 54.6 Å². The summed E-state index contributed by atoms with van der Waals surface area (Å²) in [6.45, 7) is 0. The van der Waals surface area contributed by atoms with Crippen LogP contribution in [0.2, 0.25) is 0 Å². The van der Waals surface area contributed by atoms with Crippen molar-refractivity contribution in [2.45, 2.75) is 17.5 Å². The fourth-order valence-electron chi connectivity index (χ4n) is 3.90. The zero-order chi connectivity index (χ0) is 18.2. The number of carbonyl (C=O) groups excluding carboxylic acids is 1. The largest absolute Gasteiger partial charge is 0.344 e. The summed E-state index contributed by atoms with van der Waals surface area (Å²) < 4.78 is 0. The van der Waals surface area contributed by atoms with Crippen LogP contribution in [0.15, 0.2) is 73.1 Å². The number of hydrogen-bond donors (Lipinski definition) is 2. The van der Waals surface area contributed by atoms with E-state index in [1.54, 1.807) is 18.0 Å². The Balaban J connectivity index is 1.36. The topological polar surface area (TPSA) is 54.0 Å². The first-order chi connectivity index (χ1) is 13.3. The van der Waals surface area contributed by atoms with Gasteiger partial charge in [-0.2, -0.15) is 0 Å². The van der Waals surface area contributed by atoms with Crippen LogP contribution in [0.5, 0.6) is 0 Å². The van der Waals surface area contributed by atoms with Crippen LogP contribution in [0.3, 0.4) is 0 Å². The number of amides is 1. The minimum Gasteiger partial charge on any atom is -0.344 e. The molecule has 2 N–H and O–H groups in total. The van der Waals surface area contributed by atoms with Crippen LogP contribution in [0.25, 0.3) is 11.1 Å². The molecule has 0 saturated carbocycles. The maximum absolute atomic E-state index is 13.0. The van der Waals surface area contributed by atoms with Gasteiger partial charge in [0.1, 0.15) is 0 Å². The Morgan fingerprint density at radius 2 is 1.70 bits per heavy atom. The maximum atomic E-state index is 13.0. The molecule has 1 fully saturated rings. The van der Waals surface area contributed by atoms with Crippen molar-refractivity contribution in [3.8, 4) is 11.1 Å². The second-order valence-corrected chi connectivity index (χ2v) is 7.97. The van der Waals surface area contributed by atoms with Crippen molar-refractivity contribution < 1.29 is 4.79 Å². The second kappa shape index (κ2) is 6.83. The van der Waals surface area contributed by atoms with Gasteiger partial charge in [0.15, 0.2) is 0 Å². The molecule has 4 nitrogen and oxygen atoms in total. The van der Waals surface area contributed by atoms with Crippen LogP contribution >= 0.6 is 11.8 Å². The van der Waals surface area contributed by atoms with Gasteiger partial charge in [-0.25, -0.2) is 0 Å². The molecule has 2 atom stereocenters. The summed E-state index contributed by atoms with van der Waals surface area (Å²) in [5.41, 5.74) is 5.86. The summed E-state index contributed by atoms with van der Waals surface area (Å²) in [7, 11) is 0. The van der Waals surface area contributed by atoms with E-state index in [9.17, 15) is 4.79 Å². The normalized spacial score (nSPS) is 20.9. The number of fused-ring (bicyclic) bond motifs is 3. The highest BCUT2D eigenvalue weighted by Crippen LogP contribution is 2.43. The molecule has 2 aromatic carbocycles. The Bertz CT molecular complexity index is 946. The summed E-state index contributed by atoms with van der Waals surface area (Å²) in [4.78, 5) is 17.2. The highest BCUT2D eigenvalue weighted by atomic mass is 32.2. The number of aromatic nitrogens is 1. The molecule has 0 radical (unpaired) electrons. The molecule has 27 heavy (non-hydrogen) atoms. The fraction of sp³-hybridized carbons (Fsp3) is 0.182. The van der Waals surface area contributed by atoms with Crippen LogP contribution in [0.4, 0.5) is 0 Å². The molecule has 1 saturated heterocycles. The maximum Gasteiger partial charge on any atom is 0.238 e. The minimum atomic E-state index is -0.208. The van der Waals surface area contributed by atoms with Gasteiger partial charge < -0.3 is 5.32 Å². The number of thioether (sulfide) groups is 1. The highest BCUT2D eigenvalue weighted by molar-refractivity contribution is 7.99.